The number of carbonyl (C=O) groups is 2. The second-order valence-electron chi connectivity index (χ2n) is 9.33. The van der Waals surface area contributed by atoms with E-state index in [1.807, 2.05) is 0 Å². The Balaban J connectivity index is 1.53. The molecule has 0 radical (unpaired) electrons. The Kier molecular flexibility index (Phi) is 9.69. The van der Waals surface area contributed by atoms with E-state index in [0.717, 1.165) is 0 Å². The van der Waals surface area contributed by atoms with E-state index in [0.29, 0.717) is 16.6 Å². The van der Waals surface area contributed by atoms with Crippen LogP contribution in [0.25, 0.3) is 11.2 Å². The van der Waals surface area contributed by atoms with Crippen molar-refractivity contribution in [3.8, 4) is 12.3 Å². The maximum atomic E-state index is 14.1. The van der Waals surface area contributed by atoms with E-state index in [-0.39, 0.29) is 42.1 Å². The summed E-state index contributed by atoms with van der Waals surface area (Å²) in [7, 11) is 0. The topological polar surface area (TPSA) is 149 Å². The molecule has 0 amide bonds. The van der Waals surface area contributed by atoms with Gasteiger partial charge in [-0.25, -0.2) is 19.0 Å². The molecule has 13 heteroatoms. The van der Waals surface area contributed by atoms with E-state index in [1.54, 1.807) is 55.5 Å². The second-order valence-corrected chi connectivity index (χ2v) is 9.67. The number of imidazole rings is 1. The number of benzene rings is 2. The van der Waals surface area contributed by atoms with Crippen molar-refractivity contribution in [3.05, 3.63) is 83.2 Å². The number of hydrogen-bond acceptors (Lipinski definition) is 8. The molecular formula is C29H27ClFN5O6. The van der Waals surface area contributed by atoms with Gasteiger partial charge in [-0.05, 0) is 30.2 Å². The number of nitrogens with one attached hydrogen (secondary N) is 1. The summed E-state index contributed by atoms with van der Waals surface area (Å²) in [5.41, 5.74) is -1.06. The first-order chi connectivity index (χ1) is 20.1. The second kappa shape index (κ2) is 13.4. The van der Waals surface area contributed by atoms with Crippen LogP contribution in [-0.4, -0.2) is 60.0 Å². The Morgan fingerprint density at radius 1 is 1.14 bits per heavy atom. The first-order valence-corrected chi connectivity index (χ1v) is 13.1. The fourth-order valence-corrected chi connectivity index (χ4v) is 4.39. The van der Waals surface area contributed by atoms with Crippen LogP contribution < -0.4 is 5.32 Å². The molecule has 0 fully saturated rings. The lowest BCUT2D eigenvalue weighted by atomic mass is 9.94. The van der Waals surface area contributed by atoms with Gasteiger partial charge < -0.3 is 25.0 Å². The van der Waals surface area contributed by atoms with E-state index in [2.05, 4.69) is 26.2 Å². The number of carboxylic acids is 2. The maximum Gasteiger partial charge on any atom is 0.348 e. The highest BCUT2D eigenvalue weighted by atomic mass is 35.5. The molecule has 0 bridgehead atoms. The molecule has 2 aromatic carbocycles. The third-order valence-corrected chi connectivity index (χ3v) is 6.51. The standard InChI is InChI=1S/C29H27ClFN5O6/c1-3-9-22(42-18(2)16-41-29(26(37)38,27(39)40)14-19-10-5-4-6-11-19)36-17-33-23-24(34-28(30)35-25(23)36)32-15-20-12-7-8-13-21(20)31/h1,4-8,10-13,17-18,22H,9,14-16H2,2H3,(H,37,38)(H,39,40)(H,32,34,35). The van der Waals surface area contributed by atoms with Gasteiger partial charge in [-0.3, -0.25) is 4.57 Å². The van der Waals surface area contributed by atoms with E-state index < -0.39 is 36.3 Å². The molecule has 0 aliphatic rings. The summed E-state index contributed by atoms with van der Waals surface area (Å²) in [5.74, 6) is -0.901. The third-order valence-electron chi connectivity index (χ3n) is 6.34. The molecule has 0 saturated heterocycles. The minimum atomic E-state index is -2.54. The van der Waals surface area contributed by atoms with Crippen LogP contribution in [0.1, 0.15) is 30.7 Å². The number of ether oxygens (including phenoxy) is 2. The van der Waals surface area contributed by atoms with Crippen molar-refractivity contribution < 1.29 is 33.7 Å². The molecule has 2 heterocycles. The molecule has 0 spiro atoms. The van der Waals surface area contributed by atoms with Crippen molar-refractivity contribution >= 4 is 40.5 Å². The summed E-state index contributed by atoms with van der Waals surface area (Å²) in [6.45, 7) is 1.31. The lowest BCUT2D eigenvalue weighted by Gasteiger charge is -2.28. The van der Waals surface area contributed by atoms with E-state index in [9.17, 15) is 24.2 Å². The Morgan fingerprint density at radius 2 is 1.83 bits per heavy atom. The average molecular weight is 596 g/mol. The number of fused-ring (bicyclic) bond motifs is 1. The Bertz CT molecular complexity index is 1600. The summed E-state index contributed by atoms with van der Waals surface area (Å²) in [6, 6.07) is 14.6. The van der Waals surface area contributed by atoms with Crippen LogP contribution in [0.3, 0.4) is 0 Å². The minimum absolute atomic E-state index is 0.0441. The van der Waals surface area contributed by atoms with Gasteiger partial charge >= 0.3 is 11.9 Å². The number of aliphatic carboxylic acids is 2. The van der Waals surface area contributed by atoms with E-state index in [1.165, 1.54) is 17.0 Å². The van der Waals surface area contributed by atoms with Gasteiger partial charge in [-0.2, -0.15) is 9.97 Å². The summed E-state index contributed by atoms with van der Waals surface area (Å²) >= 11 is 6.19. The zero-order chi connectivity index (χ0) is 30.3. The highest BCUT2D eigenvalue weighted by Gasteiger charge is 2.48. The van der Waals surface area contributed by atoms with E-state index in [4.69, 9.17) is 27.5 Å². The summed E-state index contributed by atoms with van der Waals surface area (Å²) in [4.78, 5) is 37.1. The van der Waals surface area contributed by atoms with Gasteiger partial charge in [0.15, 0.2) is 17.0 Å². The van der Waals surface area contributed by atoms with Gasteiger partial charge in [0.1, 0.15) is 12.0 Å². The molecule has 42 heavy (non-hydrogen) atoms. The van der Waals surface area contributed by atoms with Crippen LogP contribution in [0.4, 0.5) is 10.2 Å². The van der Waals surface area contributed by atoms with Crippen molar-refractivity contribution in [2.24, 2.45) is 0 Å². The maximum absolute atomic E-state index is 14.1. The highest BCUT2D eigenvalue weighted by molar-refractivity contribution is 6.28. The third kappa shape index (κ3) is 6.83. The zero-order valence-corrected chi connectivity index (χ0v) is 23.2. The molecule has 2 aromatic heterocycles. The molecule has 218 valence electrons. The summed E-state index contributed by atoms with van der Waals surface area (Å²) in [6.07, 6.45) is 4.99. The van der Waals surface area contributed by atoms with Crippen molar-refractivity contribution in [3.63, 3.8) is 0 Å². The van der Waals surface area contributed by atoms with Gasteiger partial charge in [-0.15, -0.1) is 12.3 Å². The number of halogens is 2. The molecule has 11 nitrogen and oxygen atoms in total. The van der Waals surface area contributed by atoms with Crippen LogP contribution in [0.2, 0.25) is 5.28 Å². The molecule has 0 aliphatic carbocycles. The average Bonchev–Trinajstić information content (AvgIpc) is 3.38. The first kappa shape index (κ1) is 30.4. The lowest BCUT2D eigenvalue weighted by Crippen LogP contribution is -2.52. The fourth-order valence-electron chi connectivity index (χ4n) is 4.23. The SMILES string of the molecule is C#CCC(OC(C)COC(Cc1ccccc1)(C(=O)O)C(=O)O)n1cnc2c(NCc3ccccc3F)nc(Cl)nc21. The fraction of sp³-hybridized carbons (Fsp3) is 0.276. The van der Waals surface area contributed by atoms with Crippen molar-refractivity contribution in [2.75, 3.05) is 11.9 Å². The normalized spacial score (nSPS) is 12.9. The number of carboxylic acid groups (broad SMARTS) is 2. The molecule has 0 saturated carbocycles. The zero-order valence-electron chi connectivity index (χ0n) is 22.4. The Labute approximate surface area is 245 Å². The highest BCUT2D eigenvalue weighted by Crippen LogP contribution is 2.27. The molecule has 2 unspecified atom stereocenters. The molecule has 0 aliphatic heterocycles. The largest absolute Gasteiger partial charge is 0.479 e. The number of anilines is 1. The molecule has 2 atom stereocenters. The van der Waals surface area contributed by atoms with Crippen LogP contribution >= 0.6 is 11.6 Å². The quantitative estimate of drug-likeness (QED) is 0.109. The van der Waals surface area contributed by atoms with Crippen LogP contribution in [0.5, 0.6) is 0 Å². The van der Waals surface area contributed by atoms with Crippen LogP contribution in [-0.2, 0) is 32.0 Å². The number of nitrogens with zero attached hydrogens (tertiary/aromatic N) is 4. The van der Waals surface area contributed by atoms with Gasteiger partial charge in [-0.1, -0.05) is 48.5 Å². The van der Waals surface area contributed by atoms with Crippen molar-refractivity contribution in [1.82, 2.24) is 19.5 Å². The van der Waals surface area contributed by atoms with Gasteiger partial charge in [0.05, 0.1) is 25.5 Å². The molecule has 4 aromatic rings. The van der Waals surface area contributed by atoms with Crippen molar-refractivity contribution in [1.29, 1.82) is 0 Å². The van der Waals surface area contributed by atoms with Crippen LogP contribution in [0.15, 0.2) is 60.9 Å². The number of rotatable bonds is 14. The van der Waals surface area contributed by atoms with Gasteiger partial charge in [0, 0.05) is 18.5 Å². The van der Waals surface area contributed by atoms with Gasteiger partial charge in [0.25, 0.3) is 5.60 Å². The molecule has 3 N–H and O–H groups in total. The Hall–Kier alpha value is -4.57. The summed E-state index contributed by atoms with van der Waals surface area (Å²) < 4.78 is 27.2. The monoisotopic (exact) mass is 595 g/mol. The number of terminal acetylenes is 1. The number of aromatic nitrogens is 4. The van der Waals surface area contributed by atoms with E-state index >= 15 is 0 Å². The minimum Gasteiger partial charge on any atom is -0.479 e. The van der Waals surface area contributed by atoms with Crippen molar-refractivity contribution in [2.45, 2.75) is 44.2 Å². The lowest BCUT2D eigenvalue weighted by molar-refractivity contribution is -0.189. The molecule has 4 rings (SSSR count). The van der Waals surface area contributed by atoms with Gasteiger partial charge in [0.2, 0.25) is 5.28 Å². The first-order valence-electron chi connectivity index (χ1n) is 12.8. The smallest absolute Gasteiger partial charge is 0.348 e. The predicted octanol–water partition coefficient (Wildman–Crippen LogP) is 4.33. The Morgan fingerprint density at radius 3 is 2.50 bits per heavy atom. The summed E-state index contributed by atoms with van der Waals surface area (Å²) in [5, 5.41) is 22.6. The van der Waals surface area contributed by atoms with Crippen LogP contribution in [0, 0.1) is 18.2 Å². The number of hydrogen-bond donors (Lipinski definition) is 3. The predicted molar refractivity (Wildman–Crippen MR) is 151 cm³/mol. The molecular weight excluding hydrogens is 569 g/mol.